The Kier molecular flexibility index (Phi) is 6.16. The molecule has 0 spiro atoms. The first kappa shape index (κ1) is 19.7. The SMILES string of the molecule is COc1ccc(C(O)CNC(=O)C2CC(=O)N(c3ccccc3)C2)cc1OC. The monoisotopic (exact) mass is 384 g/mol. The van der Waals surface area contributed by atoms with Crippen LogP contribution < -0.4 is 19.7 Å². The Morgan fingerprint density at radius 1 is 1.18 bits per heavy atom. The highest BCUT2D eigenvalue weighted by Gasteiger charge is 2.35. The summed E-state index contributed by atoms with van der Waals surface area (Å²) in [5.41, 5.74) is 1.39. The van der Waals surface area contributed by atoms with Gasteiger partial charge in [0, 0.05) is 25.2 Å². The molecule has 1 aliphatic heterocycles. The highest BCUT2D eigenvalue weighted by Crippen LogP contribution is 2.30. The quantitative estimate of drug-likeness (QED) is 0.761. The van der Waals surface area contributed by atoms with E-state index < -0.39 is 12.0 Å². The summed E-state index contributed by atoms with van der Waals surface area (Å²) in [6, 6.07) is 14.4. The van der Waals surface area contributed by atoms with Gasteiger partial charge in [0.1, 0.15) is 0 Å². The van der Waals surface area contributed by atoms with Crippen molar-refractivity contribution in [1.29, 1.82) is 0 Å². The van der Waals surface area contributed by atoms with Gasteiger partial charge in [-0.05, 0) is 29.8 Å². The van der Waals surface area contributed by atoms with Crippen LogP contribution in [0.15, 0.2) is 48.5 Å². The van der Waals surface area contributed by atoms with E-state index in [0.29, 0.717) is 23.6 Å². The normalized spacial score (nSPS) is 17.3. The largest absolute Gasteiger partial charge is 0.493 e. The maximum absolute atomic E-state index is 12.5. The number of nitrogens with one attached hydrogen (secondary N) is 1. The zero-order chi connectivity index (χ0) is 20.1. The molecular weight excluding hydrogens is 360 g/mol. The first-order chi connectivity index (χ1) is 13.5. The third-order valence-corrected chi connectivity index (χ3v) is 4.83. The smallest absolute Gasteiger partial charge is 0.227 e. The maximum Gasteiger partial charge on any atom is 0.227 e. The van der Waals surface area contributed by atoms with E-state index in [0.717, 1.165) is 5.69 Å². The first-order valence-corrected chi connectivity index (χ1v) is 9.06. The number of methoxy groups -OCH3 is 2. The van der Waals surface area contributed by atoms with Crippen molar-refractivity contribution in [3.63, 3.8) is 0 Å². The number of anilines is 1. The number of ether oxygens (including phenoxy) is 2. The van der Waals surface area contributed by atoms with E-state index in [2.05, 4.69) is 5.32 Å². The minimum atomic E-state index is -0.897. The summed E-state index contributed by atoms with van der Waals surface area (Å²) in [4.78, 5) is 26.4. The minimum Gasteiger partial charge on any atom is -0.493 e. The van der Waals surface area contributed by atoms with Crippen LogP contribution in [0.3, 0.4) is 0 Å². The number of aliphatic hydroxyl groups is 1. The van der Waals surface area contributed by atoms with Crippen molar-refractivity contribution in [1.82, 2.24) is 5.32 Å². The molecule has 0 saturated carbocycles. The van der Waals surface area contributed by atoms with Crippen LogP contribution in [0.5, 0.6) is 11.5 Å². The molecule has 2 aromatic carbocycles. The number of hydrogen-bond donors (Lipinski definition) is 2. The van der Waals surface area contributed by atoms with Crippen LogP contribution in [0.1, 0.15) is 18.1 Å². The Bertz CT molecular complexity index is 840. The zero-order valence-electron chi connectivity index (χ0n) is 15.9. The third kappa shape index (κ3) is 4.26. The van der Waals surface area contributed by atoms with Crippen molar-refractivity contribution in [2.45, 2.75) is 12.5 Å². The molecule has 2 N–H and O–H groups in total. The van der Waals surface area contributed by atoms with Crippen LogP contribution in [-0.2, 0) is 9.59 Å². The summed E-state index contributed by atoms with van der Waals surface area (Å²) in [6.07, 6.45) is -0.737. The standard InChI is InChI=1S/C21H24N2O5/c1-27-18-9-8-14(10-19(18)28-2)17(24)12-22-21(26)15-11-20(25)23(13-15)16-6-4-3-5-7-16/h3-10,15,17,24H,11-13H2,1-2H3,(H,22,26). The molecule has 2 atom stereocenters. The summed E-state index contributed by atoms with van der Waals surface area (Å²) in [6.45, 7) is 0.380. The molecule has 1 heterocycles. The van der Waals surface area contributed by atoms with Crippen molar-refractivity contribution >= 4 is 17.5 Å². The van der Waals surface area contributed by atoms with Crippen molar-refractivity contribution in [3.05, 3.63) is 54.1 Å². The van der Waals surface area contributed by atoms with Crippen LogP contribution in [-0.4, -0.2) is 44.2 Å². The summed E-state index contributed by atoms with van der Waals surface area (Å²) < 4.78 is 10.4. The summed E-state index contributed by atoms with van der Waals surface area (Å²) >= 11 is 0. The van der Waals surface area contributed by atoms with Crippen molar-refractivity contribution in [2.24, 2.45) is 5.92 Å². The van der Waals surface area contributed by atoms with E-state index >= 15 is 0 Å². The number of carbonyl (C=O) groups excluding carboxylic acids is 2. The van der Waals surface area contributed by atoms with Gasteiger partial charge < -0.3 is 24.8 Å². The second-order valence-electron chi connectivity index (χ2n) is 6.62. The molecule has 2 amide bonds. The minimum absolute atomic E-state index is 0.0460. The predicted molar refractivity (Wildman–Crippen MR) is 104 cm³/mol. The van der Waals surface area contributed by atoms with Gasteiger partial charge in [-0.3, -0.25) is 9.59 Å². The van der Waals surface area contributed by atoms with Gasteiger partial charge in [-0.15, -0.1) is 0 Å². The Morgan fingerprint density at radius 2 is 1.89 bits per heavy atom. The van der Waals surface area contributed by atoms with Crippen molar-refractivity contribution < 1.29 is 24.2 Å². The number of hydrogen-bond acceptors (Lipinski definition) is 5. The molecule has 0 radical (unpaired) electrons. The third-order valence-electron chi connectivity index (χ3n) is 4.83. The van der Waals surface area contributed by atoms with Gasteiger partial charge >= 0.3 is 0 Å². The van der Waals surface area contributed by atoms with Gasteiger partial charge in [0.15, 0.2) is 11.5 Å². The van der Waals surface area contributed by atoms with Gasteiger partial charge in [0.25, 0.3) is 0 Å². The molecule has 1 saturated heterocycles. The fourth-order valence-corrected chi connectivity index (χ4v) is 3.26. The molecule has 1 aliphatic rings. The molecule has 2 aromatic rings. The number of aliphatic hydroxyl groups excluding tert-OH is 1. The van der Waals surface area contributed by atoms with Gasteiger partial charge in [0.05, 0.1) is 26.2 Å². The van der Waals surface area contributed by atoms with Crippen LogP contribution in [0.2, 0.25) is 0 Å². The number of rotatable bonds is 7. The number of benzene rings is 2. The Balaban J connectivity index is 1.58. The Hall–Kier alpha value is -3.06. The lowest BCUT2D eigenvalue weighted by atomic mass is 10.1. The lowest BCUT2D eigenvalue weighted by Crippen LogP contribution is -2.35. The summed E-state index contributed by atoms with van der Waals surface area (Å²) in [7, 11) is 3.06. The average molecular weight is 384 g/mol. The number of carbonyl (C=O) groups is 2. The van der Waals surface area contributed by atoms with Crippen molar-refractivity contribution in [2.75, 3.05) is 32.2 Å². The molecule has 0 bridgehead atoms. The van der Waals surface area contributed by atoms with E-state index in [-0.39, 0.29) is 24.8 Å². The molecule has 7 nitrogen and oxygen atoms in total. The van der Waals surface area contributed by atoms with E-state index in [4.69, 9.17) is 9.47 Å². The molecule has 7 heteroatoms. The van der Waals surface area contributed by atoms with Crippen molar-refractivity contribution in [3.8, 4) is 11.5 Å². The van der Waals surface area contributed by atoms with Crippen LogP contribution in [0, 0.1) is 5.92 Å². The second kappa shape index (κ2) is 8.75. The fourth-order valence-electron chi connectivity index (χ4n) is 3.26. The van der Waals surface area contributed by atoms with E-state index in [1.807, 2.05) is 30.3 Å². The van der Waals surface area contributed by atoms with Gasteiger partial charge in [-0.25, -0.2) is 0 Å². The van der Waals surface area contributed by atoms with E-state index in [1.165, 1.54) is 14.2 Å². The van der Waals surface area contributed by atoms with Crippen LogP contribution in [0.25, 0.3) is 0 Å². The number of amides is 2. The maximum atomic E-state index is 12.5. The van der Waals surface area contributed by atoms with Crippen LogP contribution in [0.4, 0.5) is 5.69 Å². The molecule has 3 rings (SSSR count). The average Bonchev–Trinajstić information content (AvgIpc) is 3.13. The summed E-state index contributed by atoms with van der Waals surface area (Å²) in [5, 5.41) is 13.1. The zero-order valence-corrected chi connectivity index (χ0v) is 15.9. The van der Waals surface area contributed by atoms with Gasteiger partial charge in [-0.2, -0.15) is 0 Å². The van der Waals surface area contributed by atoms with Crippen LogP contribution >= 0.6 is 0 Å². The molecule has 0 aliphatic carbocycles. The fraction of sp³-hybridized carbons (Fsp3) is 0.333. The molecule has 148 valence electrons. The molecule has 0 aromatic heterocycles. The number of para-hydroxylation sites is 1. The lowest BCUT2D eigenvalue weighted by molar-refractivity contribution is -0.126. The van der Waals surface area contributed by atoms with Gasteiger partial charge in [-0.1, -0.05) is 24.3 Å². The van der Waals surface area contributed by atoms with Gasteiger partial charge in [0.2, 0.25) is 11.8 Å². The second-order valence-corrected chi connectivity index (χ2v) is 6.62. The Labute approximate surface area is 163 Å². The molecule has 2 unspecified atom stereocenters. The topological polar surface area (TPSA) is 88.1 Å². The lowest BCUT2D eigenvalue weighted by Gasteiger charge is -2.18. The Morgan fingerprint density at radius 3 is 2.57 bits per heavy atom. The molecule has 28 heavy (non-hydrogen) atoms. The molecular formula is C21H24N2O5. The summed E-state index contributed by atoms with van der Waals surface area (Å²) in [5.74, 6) is 0.307. The highest BCUT2D eigenvalue weighted by molar-refractivity contribution is 6.00. The van der Waals surface area contributed by atoms with E-state index in [9.17, 15) is 14.7 Å². The first-order valence-electron chi connectivity index (χ1n) is 9.06. The predicted octanol–water partition coefficient (Wildman–Crippen LogP) is 1.91. The van der Waals surface area contributed by atoms with E-state index in [1.54, 1.807) is 23.1 Å². The number of nitrogens with zero attached hydrogens (tertiary/aromatic N) is 1. The molecule has 1 fully saturated rings. The highest BCUT2D eigenvalue weighted by atomic mass is 16.5.